The van der Waals surface area contributed by atoms with E-state index in [9.17, 15) is 13.2 Å². The van der Waals surface area contributed by atoms with E-state index in [1.807, 2.05) is 18.4 Å². The molecule has 0 unspecified atom stereocenters. The molecule has 2 fully saturated rings. The standard InChI is InChI=1S/C18H21N3O3S2/c1-12-11-25-17(19-12)16(13-7-8-13)20-26(23,24)15-9-21(10-15)18(22)14-5-3-2-4-6-14/h2-6,11,13,15-16,20H,7-10H2,1H3/t16-/m1/s1. The quantitative estimate of drug-likeness (QED) is 0.820. The summed E-state index contributed by atoms with van der Waals surface area (Å²) in [6, 6.07) is 8.71. The highest BCUT2D eigenvalue weighted by Gasteiger charge is 2.44. The molecule has 1 saturated carbocycles. The summed E-state index contributed by atoms with van der Waals surface area (Å²) in [6.07, 6.45) is 2.05. The minimum atomic E-state index is -3.49. The third-order valence-electron chi connectivity index (χ3n) is 4.88. The van der Waals surface area contributed by atoms with E-state index < -0.39 is 15.3 Å². The number of thiazole rings is 1. The Morgan fingerprint density at radius 3 is 2.54 bits per heavy atom. The van der Waals surface area contributed by atoms with Crippen molar-refractivity contribution in [3.63, 3.8) is 0 Å². The van der Waals surface area contributed by atoms with Gasteiger partial charge < -0.3 is 4.90 Å². The molecule has 1 amide bonds. The molecule has 1 aliphatic carbocycles. The van der Waals surface area contributed by atoms with Crippen molar-refractivity contribution in [1.29, 1.82) is 0 Å². The van der Waals surface area contributed by atoms with Crippen LogP contribution in [0.15, 0.2) is 35.7 Å². The van der Waals surface area contributed by atoms with Crippen LogP contribution in [0.3, 0.4) is 0 Å². The van der Waals surface area contributed by atoms with Gasteiger partial charge in [0.15, 0.2) is 0 Å². The van der Waals surface area contributed by atoms with E-state index >= 15 is 0 Å². The average Bonchev–Trinajstić information content (AvgIpc) is 3.33. The summed E-state index contributed by atoms with van der Waals surface area (Å²) in [6.45, 7) is 2.38. The third-order valence-corrected chi connectivity index (χ3v) is 7.69. The first-order valence-electron chi connectivity index (χ1n) is 8.71. The van der Waals surface area contributed by atoms with Gasteiger partial charge in [-0.05, 0) is 37.8 Å². The van der Waals surface area contributed by atoms with Crippen LogP contribution in [0.5, 0.6) is 0 Å². The van der Waals surface area contributed by atoms with Crippen LogP contribution in [0.25, 0.3) is 0 Å². The van der Waals surface area contributed by atoms with E-state index in [4.69, 9.17) is 0 Å². The first-order chi connectivity index (χ1) is 12.4. The molecule has 2 heterocycles. The predicted octanol–water partition coefficient (Wildman–Crippen LogP) is 2.35. The number of aryl methyl sites for hydroxylation is 1. The van der Waals surface area contributed by atoms with Crippen molar-refractivity contribution in [3.05, 3.63) is 52.0 Å². The number of sulfonamides is 1. The zero-order chi connectivity index (χ0) is 18.3. The fourth-order valence-corrected chi connectivity index (χ4v) is 5.75. The number of benzene rings is 1. The third kappa shape index (κ3) is 3.54. The van der Waals surface area contributed by atoms with Gasteiger partial charge in [0.1, 0.15) is 10.3 Å². The lowest BCUT2D eigenvalue weighted by atomic mass is 10.1. The normalized spacial score (nSPS) is 19.2. The lowest BCUT2D eigenvalue weighted by molar-refractivity contribution is 0.0658. The van der Waals surface area contributed by atoms with Gasteiger partial charge in [-0.15, -0.1) is 11.3 Å². The van der Waals surface area contributed by atoms with Gasteiger partial charge in [-0.25, -0.2) is 18.1 Å². The molecular weight excluding hydrogens is 370 g/mol. The van der Waals surface area contributed by atoms with E-state index in [2.05, 4.69) is 9.71 Å². The number of carbonyl (C=O) groups excluding carboxylic acids is 1. The van der Waals surface area contributed by atoms with E-state index in [0.717, 1.165) is 23.5 Å². The van der Waals surface area contributed by atoms with Crippen LogP contribution < -0.4 is 4.72 Å². The first-order valence-corrected chi connectivity index (χ1v) is 11.1. The van der Waals surface area contributed by atoms with Crippen molar-refractivity contribution in [3.8, 4) is 0 Å². The molecule has 2 aromatic rings. The lowest BCUT2D eigenvalue weighted by Gasteiger charge is -2.39. The summed E-state index contributed by atoms with van der Waals surface area (Å²) in [7, 11) is -3.49. The molecule has 138 valence electrons. The SMILES string of the molecule is Cc1csc([C@H](NS(=O)(=O)C2CN(C(=O)c3ccccc3)C2)C2CC2)n1. The number of nitrogens with zero attached hydrogens (tertiary/aromatic N) is 2. The van der Waals surface area contributed by atoms with Crippen molar-refractivity contribution in [2.75, 3.05) is 13.1 Å². The average molecular weight is 392 g/mol. The monoisotopic (exact) mass is 391 g/mol. The number of carbonyl (C=O) groups is 1. The summed E-state index contributed by atoms with van der Waals surface area (Å²) >= 11 is 1.50. The topological polar surface area (TPSA) is 79.4 Å². The van der Waals surface area contributed by atoms with E-state index in [1.54, 1.807) is 29.2 Å². The van der Waals surface area contributed by atoms with Gasteiger partial charge in [0.05, 0.1) is 6.04 Å². The van der Waals surface area contributed by atoms with Crippen molar-refractivity contribution in [2.45, 2.75) is 31.1 Å². The fraction of sp³-hybridized carbons (Fsp3) is 0.444. The first kappa shape index (κ1) is 17.6. The Balaban J connectivity index is 1.41. The molecule has 0 radical (unpaired) electrons. The zero-order valence-corrected chi connectivity index (χ0v) is 16.1. The van der Waals surface area contributed by atoms with Gasteiger partial charge in [-0.2, -0.15) is 0 Å². The Morgan fingerprint density at radius 2 is 1.96 bits per heavy atom. The molecule has 2 aliphatic rings. The zero-order valence-electron chi connectivity index (χ0n) is 14.5. The molecule has 1 saturated heterocycles. The number of rotatable bonds is 6. The van der Waals surface area contributed by atoms with Crippen LogP contribution in [0, 0.1) is 12.8 Å². The number of hydrogen-bond acceptors (Lipinski definition) is 5. The molecule has 6 nitrogen and oxygen atoms in total. The highest BCUT2D eigenvalue weighted by molar-refractivity contribution is 7.90. The highest BCUT2D eigenvalue weighted by atomic mass is 32.2. The maximum Gasteiger partial charge on any atom is 0.253 e. The Hall–Kier alpha value is -1.77. The summed E-state index contributed by atoms with van der Waals surface area (Å²) in [5, 5.41) is 2.23. The summed E-state index contributed by atoms with van der Waals surface area (Å²) in [5.41, 5.74) is 1.50. The number of likely N-dealkylation sites (tertiary alicyclic amines) is 1. The van der Waals surface area contributed by atoms with Crippen molar-refractivity contribution < 1.29 is 13.2 Å². The largest absolute Gasteiger partial charge is 0.336 e. The second-order valence-corrected chi connectivity index (χ2v) is 9.89. The number of aromatic nitrogens is 1. The van der Waals surface area contributed by atoms with Gasteiger partial charge >= 0.3 is 0 Å². The Morgan fingerprint density at radius 1 is 1.27 bits per heavy atom. The molecule has 8 heteroatoms. The van der Waals surface area contributed by atoms with Crippen molar-refractivity contribution >= 4 is 27.3 Å². The van der Waals surface area contributed by atoms with Crippen LogP contribution in [0.2, 0.25) is 0 Å². The van der Waals surface area contributed by atoms with Gasteiger partial charge in [0, 0.05) is 29.7 Å². The van der Waals surface area contributed by atoms with Crippen LogP contribution in [-0.4, -0.2) is 42.5 Å². The van der Waals surface area contributed by atoms with E-state index in [-0.39, 0.29) is 25.0 Å². The highest BCUT2D eigenvalue weighted by Crippen LogP contribution is 2.42. The maximum atomic E-state index is 12.8. The minimum Gasteiger partial charge on any atom is -0.336 e. The molecule has 0 bridgehead atoms. The van der Waals surface area contributed by atoms with Gasteiger partial charge in [0.25, 0.3) is 5.91 Å². The molecule has 1 aliphatic heterocycles. The second-order valence-electron chi connectivity index (χ2n) is 7.00. The number of nitrogens with one attached hydrogen (secondary N) is 1. The predicted molar refractivity (Wildman–Crippen MR) is 101 cm³/mol. The molecular formula is C18H21N3O3S2. The van der Waals surface area contributed by atoms with Crippen LogP contribution in [-0.2, 0) is 10.0 Å². The van der Waals surface area contributed by atoms with E-state index in [0.29, 0.717) is 11.5 Å². The van der Waals surface area contributed by atoms with Crippen LogP contribution >= 0.6 is 11.3 Å². The van der Waals surface area contributed by atoms with Gasteiger partial charge in [0.2, 0.25) is 10.0 Å². The van der Waals surface area contributed by atoms with Crippen molar-refractivity contribution in [2.24, 2.45) is 5.92 Å². The molecule has 4 rings (SSSR count). The summed E-state index contributed by atoms with van der Waals surface area (Å²) < 4.78 is 28.4. The number of hydrogen-bond donors (Lipinski definition) is 1. The minimum absolute atomic E-state index is 0.119. The molecule has 0 spiro atoms. The molecule has 1 aromatic carbocycles. The van der Waals surface area contributed by atoms with Crippen LogP contribution in [0.1, 0.15) is 39.9 Å². The Bertz CT molecular complexity index is 901. The number of amides is 1. The maximum absolute atomic E-state index is 12.8. The molecule has 1 aromatic heterocycles. The summed E-state index contributed by atoms with van der Waals surface area (Å²) in [5.74, 6) is 0.212. The van der Waals surface area contributed by atoms with Crippen molar-refractivity contribution in [1.82, 2.24) is 14.6 Å². The van der Waals surface area contributed by atoms with Gasteiger partial charge in [-0.1, -0.05) is 18.2 Å². The molecule has 1 N–H and O–H groups in total. The van der Waals surface area contributed by atoms with Crippen LogP contribution in [0.4, 0.5) is 0 Å². The fourth-order valence-electron chi connectivity index (χ4n) is 3.13. The molecule has 1 atom stereocenters. The lowest BCUT2D eigenvalue weighted by Crippen LogP contribution is -2.59. The Kier molecular flexibility index (Phi) is 4.58. The molecule has 26 heavy (non-hydrogen) atoms. The summed E-state index contributed by atoms with van der Waals surface area (Å²) in [4.78, 5) is 18.4. The van der Waals surface area contributed by atoms with Gasteiger partial charge in [-0.3, -0.25) is 4.79 Å². The van der Waals surface area contributed by atoms with E-state index in [1.165, 1.54) is 11.3 Å². The smallest absolute Gasteiger partial charge is 0.253 e. The Labute approximate surface area is 157 Å². The second kappa shape index (κ2) is 6.75.